The minimum atomic E-state index is -0.148. The Labute approximate surface area is 160 Å². The first-order chi connectivity index (χ1) is 12.6. The molecule has 2 heteroatoms. The largest absolute Gasteiger partial charge is 0.0691 e. The van der Waals surface area contributed by atoms with Crippen molar-refractivity contribution in [3.63, 3.8) is 0 Å². The maximum Gasteiger partial charge on any atom is 0.0152 e. The van der Waals surface area contributed by atoms with Gasteiger partial charge in [0, 0.05) is 11.3 Å². The van der Waals surface area contributed by atoms with Gasteiger partial charge >= 0.3 is 0 Å². The van der Waals surface area contributed by atoms with Gasteiger partial charge in [0.1, 0.15) is 0 Å². The Hall–Kier alpha value is -1.22. The highest BCUT2D eigenvalue weighted by Gasteiger charge is 2.44. The highest BCUT2D eigenvalue weighted by Crippen LogP contribution is 2.63. The first kappa shape index (κ1) is 18.2. The van der Waals surface area contributed by atoms with Gasteiger partial charge in [-0.05, 0) is 50.6 Å². The molecule has 0 aliphatic carbocycles. The first-order valence-corrected chi connectivity index (χ1v) is 12.7. The Bertz CT molecular complexity index is 775. The lowest BCUT2D eigenvalue weighted by atomic mass is 10.0. The molecular formula is C24H28P2. The van der Waals surface area contributed by atoms with E-state index >= 15 is 0 Å². The summed E-state index contributed by atoms with van der Waals surface area (Å²) in [5.41, 5.74) is 8.09. The third kappa shape index (κ3) is 3.13. The van der Waals surface area contributed by atoms with Crippen LogP contribution >= 0.6 is 15.8 Å². The molecule has 0 saturated heterocycles. The van der Waals surface area contributed by atoms with Crippen LogP contribution in [0.15, 0.2) is 83.0 Å². The van der Waals surface area contributed by atoms with Crippen molar-refractivity contribution in [1.29, 1.82) is 0 Å². The van der Waals surface area contributed by atoms with Crippen molar-refractivity contribution in [3.05, 3.63) is 83.0 Å². The molecule has 2 unspecified atom stereocenters. The van der Waals surface area contributed by atoms with Gasteiger partial charge in [-0.1, -0.05) is 98.8 Å². The van der Waals surface area contributed by atoms with Crippen LogP contribution < -0.4 is 10.6 Å². The van der Waals surface area contributed by atoms with Gasteiger partial charge in [-0.15, -0.1) is 0 Å². The molecule has 2 aliphatic heterocycles. The van der Waals surface area contributed by atoms with Gasteiger partial charge in [0.2, 0.25) is 0 Å². The normalized spacial score (nSPS) is 28.9. The molecule has 0 fully saturated rings. The Kier molecular flexibility index (Phi) is 5.18. The molecule has 4 rings (SSSR count). The van der Waals surface area contributed by atoms with Crippen LogP contribution in [0.4, 0.5) is 0 Å². The van der Waals surface area contributed by atoms with Gasteiger partial charge in [0.05, 0.1) is 0 Å². The number of rotatable bonds is 3. The quantitative estimate of drug-likeness (QED) is 0.451. The highest BCUT2D eigenvalue weighted by atomic mass is 31.1. The van der Waals surface area contributed by atoms with E-state index in [0.717, 1.165) is 11.3 Å². The minimum absolute atomic E-state index is 0.148. The van der Waals surface area contributed by atoms with Crippen LogP contribution in [0.25, 0.3) is 0 Å². The average molecular weight is 378 g/mol. The second-order valence-corrected chi connectivity index (χ2v) is 12.4. The predicted octanol–water partition coefficient (Wildman–Crippen LogP) is 6.04. The van der Waals surface area contributed by atoms with E-state index in [0.29, 0.717) is 0 Å². The molecule has 2 aromatic rings. The average Bonchev–Trinajstić information content (AvgIpc) is 3.13. The number of allylic oxidation sites excluding steroid dienone is 4. The second kappa shape index (κ2) is 7.42. The molecule has 0 radical (unpaired) electrons. The summed E-state index contributed by atoms with van der Waals surface area (Å²) >= 11 is 0. The van der Waals surface area contributed by atoms with Crippen LogP contribution in [0.5, 0.6) is 0 Å². The van der Waals surface area contributed by atoms with Crippen molar-refractivity contribution in [2.24, 2.45) is 0 Å². The van der Waals surface area contributed by atoms with E-state index in [1.54, 1.807) is 32.9 Å². The molecule has 0 nitrogen and oxygen atoms in total. The molecule has 2 aliphatic rings. The topological polar surface area (TPSA) is 0 Å². The maximum atomic E-state index is 2.42. The fraction of sp³-hybridized carbons (Fsp3) is 0.333. The van der Waals surface area contributed by atoms with Gasteiger partial charge < -0.3 is 0 Å². The van der Waals surface area contributed by atoms with Gasteiger partial charge in [-0.3, -0.25) is 0 Å². The standard InChI is InChI=1S/C24H28P2/c1-17-15-25(21-11-7-5-8-12-21)23(19(17)3)24-20(4)18(2)16-26(24)22-13-9-6-10-14-22/h5-14,23-24H,15-16H2,1-4H3/t23-,24-,25?,26?/m1/s1. The summed E-state index contributed by atoms with van der Waals surface area (Å²) in [6, 6.07) is 22.7. The van der Waals surface area contributed by atoms with Gasteiger partial charge in [-0.2, -0.15) is 0 Å². The SMILES string of the molecule is CC1=C(C)[C@H]([C@H]2C(C)=C(C)CP2c2ccccc2)P(c2ccccc2)C1. The summed E-state index contributed by atoms with van der Waals surface area (Å²) in [7, 11) is -0.296. The lowest BCUT2D eigenvalue weighted by molar-refractivity contribution is 0.949. The molecule has 4 atom stereocenters. The van der Waals surface area contributed by atoms with Crippen molar-refractivity contribution in [2.75, 3.05) is 12.3 Å². The predicted molar refractivity (Wildman–Crippen MR) is 120 cm³/mol. The molecule has 0 bridgehead atoms. The molecule has 0 amide bonds. The molecule has 2 aromatic carbocycles. The van der Waals surface area contributed by atoms with Crippen LogP contribution in [-0.4, -0.2) is 23.6 Å². The summed E-state index contributed by atoms with van der Waals surface area (Å²) in [5, 5.41) is 3.17. The lowest BCUT2D eigenvalue weighted by Gasteiger charge is -2.34. The number of benzene rings is 2. The summed E-state index contributed by atoms with van der Waals surface area (Å²) in [6.45, 7) is 9.59. The molecular weight excluding hydrogens is 350 g/mol. The monoisotopic (exact) mass is 378 g/mol. The van der Waals surface area contributed by atoms with E-state index in [9.17, 15) is 0 Å². The van der Waals surface area contributed by atoms with E-state index in [4.69, 9.17) is 0 Å². The summed E-state index contributed by atoms with van der Waals surface area (Å²) < 4.78 is 0. The molecule has 26 heavy (non-hydrogen) atoms. The number of hydrogen-bond acceptors (Lipinski definition) is 0. The van der Waals surface area contributed by atoms with Crippen molar-refractivity contribution >= 4 is 26.5 Å². The highest BCUT2D eigenvalue weighted by molar-refractivity contribution is 7.71. The molecule has 0 aromatic heterocycles. The van der Waals surface area contributed by atoms with E-state index in [-0.39, 0.29) is 15.8 Å². The second-order valence-electron chi connectivity index (χ2n) is 7.74. The van der Waals surface area contributed by atoms with E-state index in [1.807, 2.05) is 0 Å². The molecule has 0 N–H and O–H groups in total. The van der Waals surface area contributed by atoms with Crippen LogP contribution in [-0.2, 0) is 0 Å². The summed E-state index contributed by atoms with van der Waals surface area (Å²) in [6.07, 6.45) is 2.58. The van der Waals surface area contributed by atoms with Crippen LogP contribution in [0.2, 0.25) is 0 Å². The molecule has 0 saturated carbocycles. The fourth-order valence-corrected chi connectivity index (χ4v) is 12.0. The van der Waals surface area contributed by atoms with Gasteiger partial charge in [0.25, 0.3) is 0 Å². The van der Waals surface area contributed by atoms with Gasteiger partial charge in [-0.25, -0.2) is 0 Å². The van der Waals surface area contributed by atoms with Gasteiger partial charge in [0.15, 0.2) is 0 Å². The fourth-order valence-electron chi connectivity index (χ4n) is 4.49. The zero-order valence-corrected chi connectivity index (χ0v) is 18.0. The zero-order chi connectivity index (χ0) is 18.3. The van der Waals surface area contributed by atoms with Crippen molar-refractivity contribution in [3.8, 4) is 0 Å². The Morgan fingerprint density at radius 3 is 1.27 bits per heavy atom. The summed E-state index contributed by atoms with van der Waals surface area (Å²) in [5.74, 6) is 0. The third-order valence-corrected chi connectivity index (χ3v) is 12.7. The van der Waals surface area contributed by atoms with Crippen LogP contribution in [0.1, 0.15) is 27.7 Å². The Balaban J connectivity index is 1.78. The first-order valence-electron chi connectivity index (χ1n) is 9.54. The number of hydrogen-bond donors (Lipinski definition) is 0. The smallest absolute Gasteiger partial charge is 0.0152 e. The molecule has 2 heterocycles. The van der Waals surface area contributed by atoms with Crippen LogP contribution in [0.3, 0.4) is 0 Å². The Morgan fingerprint density at radius 1 is 0.577 bits per heavy atom. The van der Waals surface area contributed by atoms with Crippen LogP contribution in [0, 0.1) is 0 Å². The third-order valence-electron chi connectivity index (χ3n) is 6.19. The van der Waals surface area contributed by atoms with E-state index in [1.165, 1.54) is 12.3 Å². The summed E-state index contributed by atoms with van der Waals surface area (Å²) in [4.78, 5) is 0. The van der Waals surface area contributed by atoms with Crippen molar-refractivity contribution in [1.82, 2.24) is 0 Å². The zero-order valence-electron chi connectivity index (χ0n) is 16.2. The Morgan fingerprint density at radius 2 is 0.923 bits per heavy atom. The van der Waals surface area contributed by atoms with Crippen molar-refractivity contribution in [2.45, 2.75) is 39.0 Å². The minimum Gasteiger partial charge on any atom is -0.0691 e. The molecule has 0 spiro atoms. The molecule has 134 valence electrons. The van der Waals surface area contributed by atoms with E-state index < -0.39 is 0 Å². The van der Waals surface area contributed by atoms with E-state index in [2.05, 4.69) is 88.4 Å². The lowest BCUT2D eigenvalue weighted by Crippen LogP contribution is -2.28. The maximum absolute atomic E-state index is 2.42. The van der Waals surface area contributed by atoms with Crippen molar-refractivity contribution < 1.29 is 0 Å².